The maximum Gasteiger partial charge on any atom is 0.328 e. The van der Waals surface area contributed by atoms with E-state index in [4.69, 9.17) is 5.11 Å². The second-order valence-electron chi connectivity index (χ2n) is 5.12. The van der Waals surface area contributed by atoms with Crippen LogP contribution in [0, 0.1) is 11.7 Å². The van der Waals surface area contributed by atoms with E-state index in [9.17, 15) is 9.18 Å². The molecule has 0 atom stereocenters. The highest BCUT2D eigenvalue weighted by Gasteiger charge is 2.06. The lowest BCUT2D eigenvalue weighted by molar-refractivity contribution is -0.131. The molecule has 0 saturated heterocycles. The van der Waals surface area contributed by atoms with E-state index < -0.39 is 11.8 Å². The number of benzene rings is 1. The number of hydrogen-bond donors (Lipinski definition) is 1. The molecule has 1 N–H and O–H groups in total. The van der Waals surface area contributed by atoms with Crippen LogP contribution in [-0.2, 0) is 11.3 Å². The Kier molecular flexibility index (Phi) is 5.70. The third-order valence-corrected chi connectivity index (χ3v) is 2.60. The molecule has 0 heterocycles. The van der Waals surface area contributed by atoms with Crippen LogP contribution in [0.15, 0.2) is 24.3 Å². The van der Waals surface area contributed by atoms with Crippen LogP contribution in [-0.4, -0.2) is 29.6 Å². The molecule has 0 aromatic heterocycles. The average Bonchev–Trinajstić information content (AvgIpc) is 2.28. The largest absolute Gasteiger partial charge is 0.478 e. The van der Waals surface area contributed by atoms with Crippen molar-refractivity contribution in [2.45, 2.75) is 20.4 Å². The molecule has 1 aromatic rings. The summed E-state index contributed by atoms with van der Waals surface area (Å²) in [7, 11) is 2.01. The molecule has 0 spiro atoms. The van der Waals surface area contributed by atoms with Gasteiger partial charge in [-0.3, -0.25) is 0 Å². The maximum absolute atomic E-state index is 13.5. The Morgan fingerprint density at radius 2 is 2.16 bits per heavy atom. The molecule has 0 aliphatic rings. The minimum Gasteiger partial charge on any atom is -0.478 e. The fraction of sp³-hybridized carbons (Fsp3) is 0.400. The van der Waals surface area contributed by atoms with Gasteiger partial charge in [0.15, 0.2) is 0 Å². The van der Waals surface area contributed by atoms with Crippen molar-refractivity contribution in [1.29, 1.82) is 0 Å². The third kappa shape index (κ3) is 5.66. The summed E-state index contributed by atoms with van der Waals surface area (Å²) in [6, 6.07) is 4.79. The van der Waals surface area contributed by atoms with E-state index >= 15 is 0 Å². The van der Waals surface area contributed by atoms with Crippen molar-refractivity contribution in [1.82, 2.24) is 4.90 Å². The fourth-order valence-electron chi connectivity index (χ4n) is 1.98. The molecule has 1 rings (SSSR count). The average molecular weight is 265 g/mol. The second-order valence-corrected chi connectivity index (χ2v) is 5.12. The van der Waals surface area contributed by atoms with Gasteiger partial charge in [0, 0.05) is 24.7 Å². The zero-order chi connectivity index (χ0) is 14.4. The molecule has 19 heavy (non-hydrogen) atoms. The molecule has 104 valence electrons. The monoisotopic (exact) mass is 265 g/mol. The lowest BCUT2D eigenvalue weighted by atomic mass is 10.1. The van der Waals surface area contributed by atoms with Gasteiger partial charge in [0.1, 0.15) is 5.82 Å². The van der Waals surface area contributed by atoms with E-state index in [1.54, 1.807) is 12.1 Å². The molecule has 0 amide bonds. The molecule has 0 radical (unpaired) electrons. The summed E-state index contributed by atoms with van der Waals surface area (Å²) in [5.41, 5.74) is 1.27. The van der Waals surface area contributed by atoms with E-state index in [0.717, 1.165) is 18.2 Å². The van der Waals surface area contributed by atoms with Gasteiger partial charge in [0.05, 0.1) is 0 Å². The number of aliphatic carboxylic acids is 1. The highest BCUT2D eigenvalue weighted by Crippen LogP contribution is 2.14. The predicted octanol–water partition coefficient (Wildman–Crippen LogP) is 3.01. The number of hydrogen-bond acceptors (Lipinski definition) is 2. The van der Waals surface area contributed by atoms with Gasteiger partial charge in [0.2, 0.25) is 0 Å². The number of rotatable bonds is 6. The number of carboxylic acids is 1. The minimum atomic E-state index is -1.08. The predicted molar refractivity (Wildman–Crippen MR) is 74.2 cm³/mol. The first kappa shape index (κ1) is 15.4. The van der Waals surface area contributed by atoms with Crippen LogP contribution in [0.2, 0.25) is 0 Å². The summed E-state index contributed by atoms with van der Waals surface area (Å²) in [5.74, 6) is -0.925. The van der Waals surface area contributed by atoms with Crippen LogP contribution in [0.4, 0.5) is 4.39 Å². The molecular formula is C15H20FNO2. The van der Waals surface area contributed by atoms with Crippen LogP contribution in [0.3, 0.4) is 0 Å². The lowest BCUT2D eigenvalue weighted by Gasteiger charge is -2.19. The van der Waals surface area contributed by atoms with Crippen LogP contribution < -0.4 is 0 Å². The topological polar surface area (TPSA) is 40.5 Å². The highest BCUT2D eigenvalue weighted by atomic mass is 19.1. The van der Waals surface area contributed by atoms with E-state index in [1.165, 1.54) is 12.1 Å². The van der Waals surface area contributed by atoms with E-state index in [2.05, 4.69) is 18.7 Å². The molecule has 1 aromatic carbocycles. The smallest absolute Gasteiger partial charge is 0.328 e. The van der Waals surface area contributed by atoms with Crippen LogP contribution in [0.25, 0.3) is 6.08 Å². The van der Waals surface area contributed by atoms with E-state index in [-0.39, 0.29) is 0 Å². The van der Waals surface area contributed by atoms with Crippen molar-refractivity contribution in [3.05, 3.63) is 41.2 Å². The maximum atomic E-state index is 13.5. The zero-order valence-corrected chi connectivity index (χ0v) is 11.6. The quantitative estimate of drug-likeness (QED) is 0.804. The van der Waals surface area contributed by atoms with E-state index in [0.29, 0.717) is 18.0 Å². The first-order chi connectivity index (χ1) is 8.88. The van der Waals surface area contributed by atoms with Gasteiger partial charge in [-0.25, -0.2) is 9.18 Å². The molecule has 0 bridgehead atoms. The first-order valence-corrected chi connectivity index (χ1v) is 6.26. The van der Waals surface area contributed by atoms with Gasteiger partial charge in [0.25, 0.3) is 0 Å². The van der Waals surface area contributed by atoms with Gasteiger partial charge >= 0.3 is 5.97 Å². The van der Waals surface area contributed by atoms with Gasteiger partial charge in [-0.05, 0) is 36.7 Å². The van der Waals surface area contributed by atoms with Crippen molar-refractivity contribution in [2.24, 2.45) is 5.92 Å². The minimum absolute atomic E-state index is 0.304. The number of nitrogens with zero attached hydrogens (tertiary/aromatic N) is 1. The van der Waals surface area contributed by atoms with E-state index in [1.807, 2.05) is 7.05 Å². The Balaban J connectivity index is 2.81. The number of halogens is 1. The van der Waals surface area contributed by atoms with Gasteiger partial charge in [-0.2, -0.15) is 0 Å². The SMILES string of the molecule is CC(C)CN(C)Cc1ccc(F)c(C=CC(=O)O)c1. The second kappa shape index (κ2) is 7.04. The van der Waals surface area contributed by atoms with Crippen LogP contribution >= 0.6 is 0 Å². The summed E-state index contributed by atoms with van der Waals surface area (Å²) in [5, 5.41) is 8.56. The Labute approximate surface area is 113 Å². The Hall–Kier alpha value is -1.68. The molecule has 3 nitrogen and oxygen atoms in total. The van der Waals surface area contributed by atoms with Crippen LogP contribution in [0.1, 0.15) is 25.0 Å². The standard InChI is InChI=1S/C15H20FNO2/c1-11(2)9-17(3)10-12-4-6-14(16)13(8-12)5-7-15(18)19/h4-8,11H,9-10H2,1-3H3,(H,18,19). The lowest BCUT2D eigenvalue weighted by Crippen LogP contribution is -2.22. The van der Waals surface area contributed by atoms with Crippen molar-refractivity contribution in [2.75, 3.05) is 13.6 Å². The molecule has 4 heteroatoms. The summed E-state index contributed by atoms with van der Waals surface area (Å²) < 4.78 is 13.5. The normalized spacial score (nSPS) is 11.7. The van der Waals surface area contributed by atoms with Gasteiger partial charge in [-0.1, -0.05) is 19.9 Å². The van der Waals surface area contributed by atoms with Crippen molar-refractivity contribution in [3.8, 4) is 0 Å². The molecule has 0 saturated carbocycles. The summed E-state index contributed by atoms with van der Waals surface area (Å²) in [6.07, 6.45) is 2.23. The molecule has 0 fully saturated rings. The summed E-state index contributed by atoms with van der Waals surface area (Å²) in [4.78, 5) is 12.6. The van der Waals surface area contributed by atoms with Crippen molar-refractivity contribution < 1.29 is 14.3 Å². The van der Waals surface area contributed by atoms with Crippen molar-refractivity contribution >= 4 is 12.0 Å². The van der Waals surface area contributed by atoms with Crippen molar-refractivity contribution in [3.63, 3.8) is 0 Å². The Morgan fingerprint density at radius 3 is 2.74 bits per heavy atom. The summed E-state index contributed by atoms with van der Waals surface area (Å²) >= 11 is 0. The zero-order valence-electron chi connectivity index (χ0n) is 11.6. The highest BCUT2D eigenvalue weighted by molar-refractivity contribution is 5.85. The van der Waals surface area contributed by atoms with Crippen LogP contribution in [0.5, 0.6) is 0 Å². The number of carboxylic acid groups (broad SMARTS) is 1. The summed E-state index contributed by atoms with van der Waals surface area (Å²) in [6.45, 7) is 5.95. The molecule has 0 aliphatic carbocycles. The Bertz CT molecular complexity index is 469. The first-order valence-electron chi connectivity index (χ1n) is 6.26. The third-order valence-electron chi connectivity index (χ3n) is 2.60. The van der Waals surface area contributed by atoms with Gasteiger partial charge in [-0.15, -0.1) is 0 Å². The van der Waals surface area contributed by atoms with Gasteiger partial charge < -0.3 is 10.0 Å². The molecular weight excluding hydrogens is 245 g/mol. The Morgan fingerprint density at radius 1 is 1.47 bits per heavy atom. The number of carbonyl (C=O) groups is 1. The molecule has 0 aliphatic heterocycles. The molecule has 0 unspecified atom stereocenters. The fourth-order valence-corrected chi connectivity index (χ4v) is 1.98.